The van der Waals surface area contributed by atoms with Gasteiger partial charge in [0, 0.05) is 12.6 Å². The van der Waals surface area contributed by atoms with Crippen LogP contribution in [0.2, 0.25) is 0 Å². The fourth-order valence-corrected chi connectivity index (χ4v) is 1.93. The highest BCUT2D eigenvalue weighted by atomic mass is 16.1. The maximum atomic E-state index is 12.4. The van der Waals surface area contributed by atoms with Crippen LogP contribution in [0.3, 0.4) is 0 Å². The Labute approximate surface area is 99.1 Å². The zero-order chi connectivity index (χ0) is 13.0. The molecule has 0 amide bonds. The van der Waals surface area contributed by atoms with Crippen LogP contribution in [0.25, 0.3) is 11.2 Å². The molecule has 0 aliphatic carbocycles. The lowest BCUT2D eigenvalue weighted by Gasteiger charge is -2.23. The van der Waals surface area contributed by atoms with Crippen molar-refractivity contribution >= 4 is 17.1 Å². The van der Waals surface area contributed by atoms with Gasteiger partial charge in [-0.3, -0.25) is 9.36 Å². The largest absolute Gasteiger partial charge is 0.369 e. The van der Waals surface area contributed by atoms with Gasteiger partial charge in [0.05, 0.1) is 0 Å². The van der Waals surface area contributed by atoms with Crippen LogP contribution in [0.5, 0.6) is 0 Å². The van der Waals surface area contributed by atoms with Gasteiger partial charge in [-0.05, 0) is 27.7 Å². The molecule has 0 spiro atoms. The van der Waals surface area contributed by atoms with E-state index in [-0.39, 0.29) is 11.5 Å². The molecule has 0 radical (unpaired) electrons. The number of anilines is 1. The van der Waals surface area contributed by atoms with Gasteiger partial charge in [0.1, 0.15) is 5.82 Å². The third-order valence-corrected chi connectivity index (χ3v) is 2.83. The van der Waals surface area contributed by atoms with Crippen molar-refractivity contribution in [3.8, 4) is 0 Å². The van der Waals surface area contributed by atoms with E-state index in [4.69, 9.17) is 5.73 Å². The zero-order valence-electron chi connectivity index (χ0n) is 10.8. The van der Waals surface area contributed by atoms with Crippen LogP contribution in [-0.2, 0) is 12.6 Å². The predicted molar refractivity (Wildman–Crippen MR) is 66.9 cm³/mol. The van der Waals surface area contributed by atoms with Gasteiger partial charge in [-0.1, -0.05) is 0 Å². The number of aryl methyl sites for hydroxylation is 2. The normalized spacial score (nSPS) is 12.3. The van der Waals surface area contributed by atoms with E-state index in [2.05, 4.69) is 9.97 Å². The molecule has 0 aliphatic rings. The predicted octanol–water partition coefficient (Wildman–Crippen LogP) is 0.776. The third-order valence-electron chi connectivity index (χ3n) is 2.83. The van der Waals surface area contributed by atoms with E-state index in [1.54, 1.807) is 11.6 Å². The van der Waals surface area contributed by atoms with Crippen LogP contribution in [0.1, 0.15) is 26.6 Å². The molecule has 0 atom stereocenters. The summed E-state index contributed by atoms with van der Waals surface area (Å²) in [6.07, 6.45) is 0. The average Bonchev–Trinajstić information content (AvgIpc) is 2.39. The molecule has 0 fully saturated rings. The van der Waals surface area contributed by atoms with E-state index >= 15 is 0 Å². The Bertz CT molecular complexity index is 644. The summed E-state index contributed by atoms with van der Waals surface area (Å²) in [6.45, 7) is 7.59. The number of hydrogen-bond donors (Lipinski definition) is 1. The first-order valence-electron chi connectivity index (χ1n) is 5.45. The van der Waals surface area contributed by atoms with Crippen molar-refractivity contribution in [3.05, 3.63) is 16.2 Å². The molecular weight excluding hydrogens is 218 g/mol. The average molecular weight is 235 g/mol. The van der Waals surface area contributed by atoms with Crippen molar-refractivity contribution in [1.29, 1.82) is 0 Å². The summed E-state index contributed by atoms with van der Waals surface area (Å²) < 4.78 is 3.24. The summed E-state index contributed by atoms with van der Waals surface area (Å²) in [7, 11) is 1.80. The Morgan fingerprint density at radius 3 is 2.35 bits per heavy atom. The van der Waals surface area contributed by atoms with Gasteiger partial charge >= 0.3 is 0 Å². The Kier molecular flexibility index (Phi) is 2.27. The molecule has 2 aromatic heterocycles. The van der Waals surface area contributed by atoms with E-state index in [9.17, 15) is 4.79 Å². The standard InChI is InChI=1S/C11H17N5O/c1-6-13-8-7(15(6)5)9(17)16(10(12)14-8)11(2,3)4/h1-5H3,(H2,12,14). The highest BCUT2D eigenvalue weighted by molar-refractivity contribution is 5.71. The van der Waals surface area contributed by atoms with E-state index < -0.39 is 5.54 Å². The second-order valence-electron chi connectivity index (χ2n) is 5.17. The van der Waals surface area contributed by atoms with Gasteiger partial charge in [0.2, 0.25) is 5.95 Å². The monoisotopic (exact) mass is 235 g/mol. The second kappa shape index (κ2) is 3.32. The van der Waals surface area contributed by atoms with Gasteiger partial charge < -0.3 is 10.3 Å². The molecule has 2 aromatic rings. The molecule has 2 N–H and O–H groups in total. The second-order valence-corrected chi connectivity index (χ2v) is 5.17. The van der Waals surface area contributed by atoms with Crippen molar-refractivity contribution in [2.24, 2.45) is 7.05 Å². The molecule has 92 valence electrons. The molecule has 0 saturated carbocycles. The molecular formula is C11H17N5O. The minimum atomic E-state index is -0.402. The van der Waals surface area contributed by atoms with Gasteiger partial charge in [-0.15, -0.1) is 0 Å². The highest BCUT2D eigenvalue weighted by Crippen LogP contribution is 2.17. The number of nitrogen functional groups attached to an aromatic ring is 1. The number of aromatic nitrogens is 4. The van der Waals surface area contributed by atoms with Crippen LogP contribution < -0.4 is 11.3 Å². The SMILES string of the molecule is Cc1nc2nc(N)n(C(C)(C)C)c(=O)c2n1C. The Morgan fingerprint density at radius 2 is 1.82 bits per heavy atom. The minimum absolute atomic E-state index is 0.150. The van der Waals surface area contributed by atoms with Gasteiger partial charge in [-0.25, -0.2) is 4.98 Å². The molecule has 2 heterocycles. The van der Waals surface area contributed by atoms with E-state index in [1.807, 2.05) is 27.7 Å². The Morgan fingerprint density at radius 1 is 1.24 bits per heavy atom. The van der Waals surface area contributed by atoms with Crippen LogP contribution in [-0.4, -0.2) is 19.1 Å². The molecule has 6 nitrogen and oxygen atoms in total. The molecule has 2 rings (SSSR count). The number of fused-ring (bicyclic) bond motifs is 1. The van der Waals surface area contributed by atoms with Crippen LogP contribution in [0.4, 0.5) is 5.95 Å². The summed E-state index contributed by atoms with van der Waals surface area (Å²) in [5, 5.41) is 0. The van der Waals surface area contributed by atoms with Gasteiger partial charge in [0.25, 0.3) is 5.56 Å². The smallest absolute Gasteiger partial charge is 0.281 e. The third kappa shape index (κ3) is 1.60. The lowest BCUT2D eigenvalue weighted by atomic mass is 10.1. The number of imidazole rings is 1. The summed E-state index contributed by atoms with van der Waals surface area (Å²) in [4.78, 5) is 20.8. The fourth-order valence-electron chi connectivity index (χ4n) is 1.93. The van der Waals surface area contributed by atoms with E-state index in [0.717, 1.165) is 5.82 Å². The fraction of sp³-hybridized carbons (Fsp3) is 0.545. The first-order chi connectivity index (χ1) is 7.73. The number of rotatable bonds is 0. The lowest BCUT2D eigenvalue weighted by Crippen LogP contribution is -2.36. The number of nitrogens with two attached hydrogens (primary N) is 1. The van der Waals surface area contributed by atoms with Crippen molar-refractivity contribution in [2.45, 2.75) is 33.2 Å². The van der Waals surface area contributed by atoms with Crippen LogP contribution in [0.15, 0.2) is 4.79 Å². The van der Waals surface area contributed by atoms with Gasteiger partial charge in [0.15, 0.2) is 11.2 Å². The molecule has 0 unspecified atom stereocenters. The van der Waals surface area contributed by atoms with Crippen LogP contribution in [0, 0.1) is 6.92 Å². The Balaban J connectivity index is 2.99. The molecule has 0 aromatic carbocycles. The molecule has 17 heavy (non-hydrogen) atoms. The number of nitrogens with zero attached hydrogens (tertiary/aromatic N) is 4. The summed E-state index contributed by atoms with van der Waals surface area (Å²) in [6, 6.07) is 0. The first-order valence-corrected chi connectivity index (χ1v) is 5.45. The quantitative estimate of drug-likeness (QED) is 0.731. The van der Waals surface area contributed by atoms with Gasteiger partial charge in [-0.2, -0.15) is 4.98 Å². The molecule has 0 aliphatic heterocycles. The molecule has 6 heteroatoms. The Hall–Kier alpha value is -1.85. The van der Waals surface area contributed by atoms with E-state index in [0.29, 0.717) is 11.2 Å². The van der Waals surface area contributed by atoms with E-state index in [1.165, 1.54) is 4.57 Å². The summed E-state index contributed by atoms with van der Waals surface area (Å²) >= 11 is 0. The van der Waals surface area contributed by atoms with Crippen molar-refractivity contribution in [3.63, 3.8) is 0 Å². The maximum Gasteiger partial charge on any atom is 0.281 e. The zero-order valence-corrected chi connectivity index (χ0v) is 10.8. The topological polar surface area (TPSA) is 78.7 Å². The van der Waals surface area contributed by atoms with Crippen LogP contribution >= 0.6 is 0 Å². The van der Waals surface area contributed by atoms with Crippen molar-refractivity contribution in [1.82, 2.24) is 19.1 Å². The molecule has 0 saturated heterocycles. The maximum absolute atomic E-state index is 12.4. The summed E-state index contributed by atoms with van der Waals surface area (Å²) in [5.74, 6) is 0.948. The van der Waals surface area contributed by atoms with Crippen molar-refractivity contribution in [2.75, 3.05) is 5.73 Å². The van der Waals surface area contributed by atoms with Crippen molar-refractivity contribution < 1.29 is 0 Å². The molecule has 0 bridgehead atoms. The highest BCUT2D eigenvalue weighted by Gasteiger charge is 2.22. The minimum Gasteiger partial charge on any atom is -0.369 e. The first kappa shape index (κ1) is 11.6. The summed E-state index contributed by atoms with van der Waals surface area (Å²) in [5.41, 5.74) is 6.19. The lowest BCUT2D eigenvalue weighted by molar-refractivity contribution is 0.388. The number of hydrogen-bond acceptors (Lipinski definition) is 4.